The maximum absolute atomic E-state index is 9.18. The Hall–Kier alpha value is -1.87. The fourth-order valence-corrected chi connectivity index (χ4v) is 2.05. The second-order valence-electron chi connectivity index (χ2n) is 3.67. The van der Waals surface area contributed by atoms with Crippen LogP contribution in [0.2, 0.25) is 0 Å². The predicted molar refractivity (Wildman–Crippen MR) is 75.5 cm³/mol. The Balaban J connectivity index is 2.01. The van der Waals surface area contributed by atoms with E-state index in [-0.39, 0.29) is 5.75 Å². The summed E-state index contributed by atoms with van der Waals surface area (Å²) in [4.78, 5) is 1.19. The number of ether oxygens (including phenoxy) is 1. The number of hydrogen-bond acceptors (Lipinski definition) is 3. The van der Waals surface area contributed by atoms with Gasteiger partial charge in [-0.2, -0.15) is 0 Å². The fourth-order valence-electron chi connectivity index (χ4n) is 1.41. The number of phenolic OH excluding ortho intramolecular Hbond substituents is 1. The Morgan fingerprint density at radius 2 is 1.56 bits per heavy atom. The molecule has 0 fully saturated rings. The molecule has 0 aliphatic rings. The van der Waals surface area contributed by atoms with Crippen molar-refractivity contribution in [2.75, 3.05) is 5.75 Å². The first-order valence-electron chi connectivity index (χ1n) is 5.58. The summed E-state index contributed by atoms with van der Waals surface area (Å²) in [6.07, 6.45) is 1.88. The molecule has 2 nitrogen and oxygen atoms in total. The Morgan fingerprint density at radius 1 is 1.00 bits per heavy atom. The molecule has 0 amide bonds. The van der Waals surface area contributed by atoms with E-state index in [2.05, 4.69) is 6.58 Å². The van der Waals surface area contributed by atoms with Gasteiger partial charge in [-0.15, -0.1) is 18.3 Å². The van der Waals surface area contributed by atoms with Gasteiger partial charge in [0.25, 0.3) is 0 Å². The summed E-state index contributed by atoms with van der Waals surface area (Å²) in [5.74, 6) is 2.62. The third-order valence-electron chi connectivity index (χ3n) is 2.26. The first-order chi connectivity index (χ1) is 8.78. The zero-order valence-corrected chi connectivity index (χ0v) is 10.7. The van der Waals surface area contributed by atoms with Gasteiger partial charge in [0.05, 0.1) is 0 Å². The van der Waals surface area contributed by atoms with Crippen LogP contribution in [-0.4, -0.2) is 10.9 Å². The summed E-state index contributed by atoms with van der Waals surface area (Å²) in [7, 11) is 0. The molecule has 92 valence electrons. The van der Waals surface area contributed by atoms with Crippen molar-refractivity contribution >= 4 is 11.8 Å². The van der Waals surface area contributed by atoms with Crippen molar-refractivity contribution in [1.29, 1.82) is 0 Å². The normalized spacial score (nSPS) is 10.0. The van der Waals surface area contributed by atoms with Gasteiger partial charge in [0, 0.05) is 10.6 Å². The largest absolute Gasteiger partial charge is 0.508 e. The van der Waals surface area contributed by atoms with Gasteiger partial charge in [-0.25, -0.2) is 0 Å². The molecule has 2 aromatic carbocycles. The van der Waals surface area contributed by atoms with Crippen LogP contribution in [0.1, 0.15) is 0 Å². The number of phenols is 1. The number of benzene rings is 2. The molecule has 2 rings (SSSR count). The van der Waals surface area contributed by atoms with Crippen molar-refractivity contribution < 1.29 is 9.84 Å². The highest BCUT2D eigenvalue weighted by Gasteiger charge is 1.98. The van der Waals surface area contributed by atoms with E-state index in [1.165, 1.54) is 4.90 Å². The van der Waals surface area contributed by atoms with E-state index in [1.54, 1.807) is 36.0 Å². The summed E-state index contributed by atoms with van der Waals surface area (Å²) < 4.78 is 5.65. The maximum Gasteiger partial charge on any atom is 0.127 e. The van der Waals surface area contributed by atoms with Gasteiger partial charge in [-0.1, -0.05) is 6.08 Å². The van der Waals surface area contributed by atoms with Crippen LogP contribution in [0.4, 0.5) is 0 Å². The van der Waals surface area contributed by atoms with Crippen LogP contribution in [-0.2, 0) is 0 Å². The van der Waals surface area contributed by atoms with Gasteiger partial charge < -0.3 is 9.84 Å². The summed E-state index contributed by atoms with van der Waals surface area (Å²) >= 11 is 1.73. The van der Waals surface area contributed by atoms with E-state index in [0.29, 0.717) is 5.75 Å². The molecule has 0 aliphatic carbocycles. The van der Waals surface area contributed by atoms with Crippen molar-refractivity contribution in [3.63, 3.8) is 0 Å². The van der Waals surface area contributed by atoms with E-state index >= 15 is 0 Å². The third-order valence-corrected chi connectivity index (χ3v) is 3.27. The second-order valence-corrected chi connectivity index (χ2v) is 4.76. The lowest BCUT2D eigenvalue weighted by Gasteiger charge is -2.06. The van der Waals surface area contributed by atoms with Gasteiger partial charge >= 0.3 is 0 Å². The monoisotopic (exact) mass is 258 g/mol. The highest BCUT2D eigenvalue weighted by molar-refractivity contribution is 7.99. The zero-order valence-electron chi connectivity index (χ0n) is 9.87. The summed E-state index contributed by atoms with van der Waals surface area (Å²) in [6.45, 7) is 3.69. The molecule has 0 aliphatic heterocycles. The molecule has 0 spiro atoms. The molecule has 1 N–H and O–H groups in total. The molecule has 3 heteroatoms. The van der Waals surface area contributed by atoms with Crippen LogP contribution in [0.5, 0.6) is 17.2 Å². The Bertz CT molecular complexity index is 503. The summed E-state index contributed by atoms with van der Waals surface area (Å²) in [5.41, 5.74) is 0. The van der Waals surface area contributed by atoms with Crippen LogP contribution >= 0.6 is 11.8 Å². The lowest BCUT2D eigenvalue weighted by Crippen LogP contribution is -1.83. The van der Waals surface area contributed by atoms with Gasteiger partial charge in [0.1, 0.15) is 17.2 Å². The molecule has 0 atom stereocenters. The molecular formula is C15H14O2S. The minimum Gasteiger partial charge on any atom is -0.508 e. The van der Waals surface area contributed by atoms with Gasteiger partial charge in [0.15, 0.2) is 0 Å². The number of hydrogen-bond donors (Lipinski definition) is 1. The lowest BCUT2D eigenvalue weighted by molar-refractivity contribution is 0.464. The van der Waals surface area contributed by atoms with Gasteiger partial charge in [-0.3, -0.25) is 0 Å². The Morgan fingerprint density at radius 3 is 2.11 bits per heavy atom. The maximum atomic E-state index is 9.18. The minimum atomic E-state index is 0.235. The van der Waals surface area contributed by atoms with Gasteiger partial charge in [-0.05, 0) is 48.5 Å². The minimum absolute atomic E-state index is 0.235. The highest BCUT2D eigenvalue weighted by atomic mass is 32.2. The molecule has 0 saturated heterocycles. The van der Waals surface area contributed by atoms with Crippen molar-refractivity contribution in [3.8, 4) is 17.2 Å². The van der Waals surface area contributed by atoms with E-state index in [1.807, 2.05) is 30.3 Å². The average Bonchev–Trinajstić information content (AvgIpc) is 2.41. The number of aromatic hydroxyl groups is 1. The van der Waals surface area contributed by atoms with Crippen molar-refractivity contribution in [2.45, 2.75) is 4.90 Å². The molecule has 0 unspecified atom stereocenters. The van der Waals surface area contributed by atoms with Crippen LogP contribution < -0.4 is 4.74 Å². The molecular weight excluding hydrogens is 244 g/mol. The number of thioether (sulfide) groups is 1. The van der Waals surface area contributed by atoms with E-state index < -0.39 is 0 Å². The van der Waals surface area contributed by atoms with Crippen molar-refractivity contribution in [2.24, 2.45) is 0 Å². The van der Waals surface area contributed by atoms with Gasteiger partial charge in [0.2, 0.25) is 0 Å². The molecule has 0 saturated carbocycles. The Kier molecular flexibility index (Phi) is 4.31. The first-order valence-corrected chi connectivity index (χ1v) is 6.57. The van der Waals surface area contributed by atoms with Crippen LogP contribution in [0.25, 0.3) is 0 Å². The topological polar surface area (TPSA) is 29.5 Å². The van der Waals surface area contributed by atoms with E-state index in [9.17, 15) is 5.11 Å². The fraction of sp³-hybridized carbons (Fsp3) is 0.0667. The molecule has 0 heterocycles. The van der Waals surface area contributed by atoms with Crippen LogP contribution in [0, 0.1) is 0 Å². The summed E-state index contributed by atoms with van der Waals surface area (Å²) in [5, 5.41) is 9.18. The highest BCUT2D eigenvalue weighted by Crippen LogP contribution is 2.26. The lowest BCUT2D eigenvalue weighted by atomic mass is 10.3. The SMILES string of the molecule is C=CCSc1ccc(Oc2ccc(O)cc2)cc1. The average molecular weight is 258 g/mol. The molecule has 0 radical (unpaired) electrons. The Labute approximate surface area is 111 Å². The number of rotatable bonds is 5. The smallest absolute Gasteiger partial charge is 0.127 e. The second kappa shape index (κ2) is 6.17. The predicted octanol–water partition coefficient (Wildman–Crippen LogP) is 4.46. The zero-order chi connectivity index (χ0) is 12.8. The first kappa shape index (κ1) is 12.6. The molecule has 18 heavy (non-hydrogen) atoms. The van der Waals surface area contributed by atoms with Crippen LogP contribution in [0.15, 0.2) is 66.1 Å². The van der Waals surface area contributed by atoms with Crippen molar-refractivity contribution in [3.05, 3.63) is 61.2 Å². The molecule has 2 aromatic rings. The standard InChI is InChI=1S/C15H14O2S/c1-2-11-18-15-9-7-14(8-10-15)17-13-5-3-12(16)4-6-13/h2-10,16H,1,11H2. The summed E-state index contributed by atoms with van der Waals surface area (Å²) in [6, 6.07) is 14.6. The van der Waals surface area contributed by atoms with Crippen molar-refractivity contribution in [1.82, 2.24) is 0 Å². The molecule has 0 bridgehead atoms. The van der Waals surface area contributed by atoms with Crippen LogP contribution in [0.3, 0.4) is 0 Å². The van der Waals surface area contributed by atoms with E-state index in [0.717, 1.165) is 11.5 Å². The quantitative estimate of drug-likeness (QED) is 0.634. The van der Waals surface area contributed by atoms with E-state index in [4.69, 9.17) is 4.74 Å². The third kappa shape index (κ3) is 3.57. The molecule has 0 aromatic heterocycles.